The molecule has 0 aliphatic carbocycles. The average molecular weight is 312 g/mol. The number of rotatable bonds is 4. The Hall–Kier alpha value is -1.67. The summed E-state index contributed by atoms with van der Waals surface area (Å²) in [4.78, 5) is 10.2. The zero-order chi connectivity index (χ0) is 13.1. The molecule has 0 amide bonds. The second-order valence-corrected chi connectivity index (χ2v) is 4.68. The first kappa shape index (κ1) is 12.8. The van der Waals surface area contributed by atoms with Gasteiger partial charge in [-0.05, 0) is 15.9 Å². The summed E-state index contributed by atoms with van der Waals surface area (Å²) in [5.41, 5.74) is 3.62. The van der Waals surface area contributed by atoms with Crippen LogP contribution in [0.2, 0.25) is 0 Å². The molecule has 0 aliphatic heterocycles. The molecule has 0 fully saturated rings. The lowest BCUT2D eigenvalue weighted by Crippen LogP contribution is -2.19. The maximum Gasteiger partial charge on any atom is 0.159 e. The van der Waals surface area contributed by atoms with Gasteiger partial charge in [0.2, 0.25) is 0 Å². The highest BCUT2D eigenvalue weighted by Gasteiger charge is 2.12. The zero-order valence-electron chi connectivity index (χ0n) is 10.1. The summed E-state index contributed by atoms with van der Waals surface area (Å²) in [5.74, 6) is 6.69. The van der Waals surface area contributed by atoms with Crippen molar-refractivity contribution in [1.29, 1.82) is 0 Å². The molecular weight excluding hydrogens is 298 g/mol. The third kappa shape index (κ3) is 2.59. The van der Waals surface area contributed by atoms with Crippen molar-refractivity contribution >= 4 is 27.6 Å². The van der Waals surface area contributed by atoms with Crippen molar-refractivity contribution in [1.82, 2.24) is 19.7 Å². The lowest BCUT2D eigenvalue weighted by Gasteiger charge is -2.19. The van der Waals surface area contributed by atoms with E-state index in [-0.39, 0.29) is 0 Å². The van der Waals surface area contributed by atoms with E-state index >= 15 is 0 Å². The summed E-state index contributed by atoms with van der Waals surface area (Å²) in [5, 5.41) is 4.13. The molecular formula is C10H14BrN7. The molecule has 2 heterocycles. The summed E-state index contributed by atoms with van der Waals surface area (Å²) >= 11 is 3.43. The molecule has 2 aromatic heterocycles. The molecule has 0 spiro atoms. The van der Waals surface area contributed by atoms with Gasteiger partial charge in [0, 0.05) is 32.4 Å². The van der Waals surface area contributed by atoms with Crippen molar-refractivity contribution < 1.29 is 0 Å². The summed E-state index contributed by atoms with van der Waals surface area (Å²) < 4.78 is 2.50. The molecule has 0 atom stereocenters. The highest BCUT2D eigenvalue weighted by atomic mass is 79.9. The third-order valence-corrected chi connectivity index (χ3v) is 3.18. The predicted molar refractivity (Wildman–Crippen MR) is 72.9 cm³/mol. The van der Waals surface area contributed by atoms with E-state index in [1.165, 1.54) is 6.33 Å². The maximum atomic E-state index is 5.37. The van der Waals surface area contributed by atoms with E-state index in [9.17, 15) is 0 Å². The van der Waals surface area contributed by atoms with Gasteiger partial charge >= 0.3 is 0 Å². The van der Waals surface area contributed by atoms with Crippen LogP contribution in [0.3, 0.4) is 0 Å². The molecule has 7 nitrogen and oxygen atoms in total. The minimum atomic E-state index is 0.554. The molecule has 0 saturated carbocycles. The number of anilines is 2. The first-order chi connectivity index (χ1) is 8.61. The Morgan fingerprint density at radius 1 is 1.50 bits per heavy atom. The Morgan fingerprint density at radius 3 is 2.89 bits per heavy atom. The van der Waals surface area contributed by atoms with Crippen LogP contribution in [0.1, 0.15) is 5.56 Å². The van der Waals surface area contributed by atoms with Gasteiger partial charge in [-0.3, -0.25) is 4.68 Å². The predicted octanol–water partition coefficient (Wildman–Crippen LogP) is 0.895. The fourth-order valence-corrected chi connectivity index (χ4v) is 2.25. The van der Waals surface area contributed by atoms with Crippen LogP contribution in [-0.2, 0) is 13.6 Å². The molecule has 0 radical (unpaired) electrons. The van der Waals surface area contributed by atoms with Crippen molar-refractivity contribution in [2.24, 2.45) is 12.9 Å². The quantitative estimate of drug-likeness (QED) is 0.644. The van der Waals surface area contributed by atoms with Gasteiger partial charge in [-0.25, -0.2) is 15.8 Å². The van der Waals surface area contributed by atoms with Crippen molar-refractivity contribution in [3.05, 3.63) is 28.8 Å². The molecule has 0 aliphatic rings. The van der Waals surface area contributed by atoms with Gasteiger partial charge in [-0.15, -0.1) is 0 Å². The second kappa shape index (κ2) is 5.32. The molecule has 0 saturated heterocycles. The molecule has 0 aromatic carbocycles. The Labute approximate surface area is 113 Å². The summed E-state index contributed by atoms with van der Waals surface area (Å²) in [6, 6.07) is 0. The number of aromatic nitrogens is 4. The normalized spacial score (nSPS) is 10.4. The third-order valence-electron chi connectivity index (χ3n) is 2.45. The van der Waals surface area contributed by atoms with Crippen LogP contribution in [-0.4, -0.2) is 26.8 Å². The van der Waals surface area contributed by atoms with Gasteiger partial charge < -0.3 is 10.3 Å². The second-order valence-electron chi connectivity index (χ2n) is 3.88. The van der Waals surface area contributed by atoms with Crippen molar-refractivity contribution in [2.45, 2.75) is 6.54 Å². The SMILES string of the molecule is CN(Cc1cnn(C)c1)c1ncnc(NN)c1Br. The van der Waals surface area contributed by atoms with Crippen LogP contribution < -0.4 is 16.2 Å². The van der Waals surface area contributed by atoms with Crippen LogP contribution in [0.4, 0.5) is 11.6 Å². The van der Waals surface area contributed by atoms with Crippen LogP contribution in [0.5, 0.6) is 0 Å². The number of halogens is 1. The van der Waals surface area contributed by atoms with Gasteiger partial charge in [0.25, 0.3) is 0 Å². The molecule has 3 N–H and O–H groups in total. The lowest BCUT2D eigenvalue weighted by atomic mass is 10.3. The van der Waals surface area contributed by atoms with Crippen molar-refractivity contribution in [3.63, 3.8) is 0 Å². The van der Waals surface area contributed by atoms with Crippen LogP contribution in [0.15, 0.2) is 23.2 Å². The number of aryl methyl sites for hydroxylation is 1. The summed E-state index contributed by atoms with van der Waals surface area (Å²) in [6.07, 6.45) is 5.26. The molecule has 8 heteroatoms. The fourth-order valence-electron chi connectivity index (χ4n) is 1.63. The molecule has 96 valence electrons. The molecule has 2 aromatic rings. The van der Waals surface area contributed by atoms with Crippen LogP contribution >= 0.6 is 15.9 Å². The average Bonchev–Trinajstić information content (AvgIpc) is 2.75. The Morgan fingerprint density at radius 2 is 2.28 bits per heavy atom. The van der Waals surface area contributed by atoms with Gasteiger partial charge in [0.15, 0.2) is 5.82 Å². The van der Waals surface area contributed by atoms with Crippen molar-refractivity contribution in [3.8, 4) is 0 Å². The van der Waals surface area contributed by atoms with E-state index < -0.39 is 0 Å². The number of hydrogen-bond donors (Lipinski definition) is 2. The van der Waals surface area contributed by atoms with E-state index in [0.717, 1.165) is 15.9 Å². The maximum absolute atomic E-state index is 5.37. The van der Waals surface area contributed by atoms with Gasteiger partial charge in [-0.2, -0.15) is 5.10 Å². The summed E-state index contributed by atoms with van der Waals surface area (Å²) in [6.45, 7) is 0.702. The minimum Gasteiger partial charge on any atom is -0.354 e. The smallest absolute Gasteiger partial charge is 0.159 e. The van der Waals surface area contributed by atoms with E-state index in [1.54, 1.807) is 4.68 Å². The molecule has 0 bridgehead atoms. The standard InChI is InChI=1S/C10H14BrN7/c1-17(4-7-3-15-18(2)5-7)10-8(11)9(16-12)13-6-14-10/h3,5-6H,4,12H2,1-2H3,(H,13,14,16). The monoisotopic (exact) mass is 311 g/mol. The Kier molecular flexibility index (Phi) is 3.78. The number of nitrogen functional groups attached to an aromatic ring is 1. The van der Waals surface area contributed by atoms with Gasteiger partial charge in [-0.1, -0.05) is 0 Å². The molecule has 0 unspecified atom stereocenters. The van der Waals surface area contributed by atoms with Gasteiger partial charge in [0.05, 0.1) is 6.20 Å². The summed E-state index contributed by atoms with van der Waals surface area (Å²) in [7, 11) is 3.83. The lowest BCUT2D eigenvalue weighted by molar-refractivity contribution is 0.766. The zero-order valence-corrected chi connectivity index (χ0v) is 11.7. The number of hydrazine groups is 1. The molecule has 2 rings (SSSR count). The number of nitrogens with zero attached hydrogens (tertiary/aromatic N) is 5. The van der Waals surface area contributed by atoms with E-state index in [2.05, 4.69) is 36.4 Å². The highest BCUT2D eigenvalue weighted by molar-refractivity contribution is 9.10. The largest absolute Gasteiger partial charge is 0.354 e. The van der Waals surface area contributed by atoms with E-state index in [4.69, 9.17) is 5.84 Å². The number of hydrogen-bond acceptors (Lipinski definition) is 6. The van der Waals surface area contributed by atoms with Crippen LogP contribution in [0.25, 0.3) is 0 Å². The fraction of sp³-hybridized carbons (Fsp3) is 0.300. The Bertz CT molecular complexity index is 539. The van der Waals surface area contributed by atoms with Crippen molar-refractivity contribution in [2.75, 3.05) is 17.4 Å². The minimum absolute atomic E-state index is 0.554. The topological polar surface area (TPSA) is 84.9 Å². The highest BCUT2D eigenvalue weighted by Crippen LogP contribution is 2.28. The Balaban J connectivity index is 2.21. The van der Waals surface area contributed by atoms with E-state index in [1.807, 2.05) is 31.4 Å². The van der Waals surface area contributed by atoms with Gasteiger partial charge in [0.1, 0.15) is 16.6 Å². The van der Waals surface area contributed by atoms with E-state index in [0.29, 0.717) is 12.4 Å². The number of nitrogens with two attached hydrogens (primary N) is 1. The van der Waals surface area contributed by atoms with Crippen LogP contribution in [0, 0.1) is 0 Å². The first-order valence-corrected chi connectivity index (χ1v) is 6.07. The first-order valence-electron chi connectivity index (χ1n) is 5.27. The number of nitrogens with one attached hydrogen (secondary N) is 1. The molecule has 18 heavy (non-hydrogen) atoms.